The first-order chi connectivity index (χ1) is 51.6. The Morgan fingerprint density at radius 2 is 0.714 bits per heavy atom. The van der Waals surface area contributed by atoms with Crippen molar-refractivity contribution in [1.29, 1.82) is 0 Å². The number of aliphatic carboxylic acids is 2. The molecule has 9 aromatic rings. The molecule has 2 atom stereocenters. The van der Waals surface area contributed by atoms with Gasteiger partial charge in [-0.3, -0.25) is 0 Å². The standard InChI is InChI=1S/2C20H17O2S.2C13H11F2I3O4.C10H16N.CH2Cl2.CH4O4S.CH4.H2O/c2*1-22-20(21)18-14-8-9-15-19(18)23(16-10-4-2-5-11-16)17-12-6-3-7-13-17;2*1-5(2)10(13(14,15)12(20)21)22-11(19)7-3-6(16)4-8(17)9(7)18;1-11(2,3)9-10-7-5-4-6-8-10;2-1-3;1-6(3,4)5-2;;/h2*2-15H,1H3;2*3-5,10H,1-2H3,(H,20,21);4-8H,9H2,1-3H3;1H2;2H,1H3;1H4;1H2/q2*+1;;;+1;;;;/p-3. The lowest BCUT2D eigenvalue weighted by Gasteiger charge is -2.30. The van der Waals surface area contributed by atoms with Crippen LogP contribution in [0.15, 0.2) is 254 Å². The summed E-state index contributed by atoms with van der Waals surface area (Å²) in [4.78, 5) is 76.6. The zero-order chi connectivity index (χ0) is 82.9. The number of ether oxygens (including phenoxy) is 4. The summed E-state index contributed by atoms with van der Waals surface area (Å²) >= 11 is 21.3. The Bertz CT molecular complexity index is 4240. The summed E-state index contributed by atoms with van der Waals surface area (Å²) in [6.07, 6.45) is -3.52. The maximum absolute atomic E-state index is 13.7. The van der Waals surface area contributed by atoms with Crippen LogP contribution in [-0.4, -0.2) is 125 Å². The van der Waals surface area contributed by atoms with E-state index in [1.165, 1.54) is 79.2 Å². The second-order valence-electron chi connectivity index (χ2n) is 24.1. The van der Waals surface area contributed by atoms with Gasteiger partial charge in [0.15, 0.2) is 41.6 Å². The fourth-order valence-corrected chi connectivity index (χ4v) is 18.4. The Hall–Kier alpha value is -5.03. The molecule has 606 valence electrons. The van der Waals surface area contributed by atoms with E-state index in [0.29, 0.717) is 24.5 Å². The molecule has 2 N–H and O–H groups in total. The van der Waals surface area contributed by atoms with Gasteiger partial charge < -0.3 is 58.3 Å². The third-order valence-electron chi connectivity index (χ3n) is 13.9. The molecule has 0 heterocycles. The highest BCUT2D eigenvalue weighted by atomic mass is 127. The predicted octanol–water partition coefficient (Wildman–Crippen LogP) is 16.6. The summed E-state index contributed by atoms with van der Waals surface area (Å²) in [7, 11) is 5.03. The van der Waals surface area contributed by atoms with E-state index in [-0.39, 0.29) is 63.1 Å². The number of halogens is 12. The van der Waals surface area contributed by atoms with Crippen LogP contribution in [0.2, 0.25) is 0 Å². The minimum atomic E-state index is -4.26. The fourth-order valence-electron chi connectivity index (χ4n) is 9.24. The highest BCUT2D eigenvalue weighted by Gasteiger charge is 2.48. The van der Waals surface area contributed by atoms with E-state index in [9.17, 15) is 65.0 Å². The van der Waals surface area contributed by atoms with Gasteiger partial charge in [0.25, 0.3) is 10.1 Å². The molecule has 0 aliphatic carbocycles. The maximum atomic E-state index is 13.7. The minimum absolute atomic E-state index is 0. The third kappa shape index (κ3) is 34.6. The Morgan fingerprint density at radius 1 is 0.464 bits per heavy atom. The van der Waals surface area contributed by atoms with Crippen LogP contribution < -0.4 is 15.5 Å². The Labute approximate surface area is 748 Å². The van der Waals surface area contributed by atoms with Crippen molar-refractivity contribution in [3.8, 4) is 0 Å². The average molecular weight is 2320 g/mol. The maximum Gasteiger partial charge on any atom is 0.343 e. The zero-order valence-corrected chi connectivity index (χ0v) is 77.7. The first-order valence-corrected chi connectivity index (χ1v) is 43.9. The van der Waals surface area contributed by atoms with E-state index in [4.69, 9.17) is 47.4 Å². The Balaban J connectivity index is 0.000000686. The molecule has 18 nitrogen and oxygen atoms in total. The second-order valence-corrected chi connectivity index (χ2v) is 37.4. The first kappa shape index (κ1) is 105. The number of benzene rings is 9. The molecule has 0 radical (unpaired) electrons. The molecule has 0 aliphatic heterocycles. The van der Waals surface area contributed by atoms with Crippen molar-refractivity contribution in [3.63, 3.8) is 0 Å². The van der Waals surface area contributed by atoms with Crippen LogP contribution in [0.3, 0.4) is 0 Å². The monoisotopic (exact) mass is 2320 g/mol. The average Bonchev–Trinajstić information content (AvgIpc) is 0.805. The quantitative estimate of drug-likeness (QED) is 0.00617. The van der Waals surface area contributed by atoms with Crippen molar-refractivity contribution in [2.24, 2.45) is 11.8 Å². The van der Waals surface area contributed by atoms with Crippen molar-refractivity contribution in [3.05, 3.63) is 274 Å². The summed E-state index contributed by atoms with van der Waals surface area (Å²) in [5, 5.41) is 30.3. The van der Waals surface area contributed by atoms with Crippen LogP contribution in [0.1, 0.15) is 82.1 Å². The minimum Gasteiger partial charge on any atom is -0.707 e. The van der Waals surface area contributed by atoms with Gasteiger partial charge in [0.2, 0.25) is 0 Å². The molecule has 9 aromatic carbocycles. The number of methoxy groups -OCH3 is 2. The van der Waals surface area contributed by atoms with Crippen molar-refractivity contribution < 1.29 is 103 Å². The molecule has 9 rings (SSSR count). The highest BCUT2D eigenvalue weighted by molar-refractivity contribution is 14.1. The predicted molar refractivity (Wildman–Crippen MR) is 474 cm³/mol. The lowest BCUT2D eigenvalue weighted by Crippen LogP contribution is -2.53. The largest absolute Gasteiger partial charge is 0.707 e. The lowest BCUT2D eigenvalue weighted by atomic mass is 10.0. The molecule has 0 aromatic heterocycles. The number of carboxylic acid groups (broad SMARTS) is 2. The van der Waals surface area contributed by atoms with Gasteiger partial charge >= 0.3 is 35.7 Å². The van der Waals surface area contributed by atoms with Crippen LogP contribution in [0.5, 0.6) is 0 Å². The topological polar surface area (TPSA) is 283 Å². The molecule has 2 unspecified atom stereocenters. The highest BCUT2D eigenvalue weighted by Crippen LogP contribution is 2.37. The van der Waals surface area contributed by atoms with E-state index in [2.05, 4.69) is 104 Å². The molecule has 0 saturated carbocycles. The van der Waals surface area contributed by atoms with E-state index in [0.717, 1.165) is 35.1 Å². The summed E-state index contributed by atoms with van der Waals surface area (Å²) < 4.78 is 101. The van der Waals surface area contributed by atoms with Crippen LogP contribution in [0, 0.1) is 33.3 Å². The molecule has 0 fully saturated rings. The van der Waals surface area contributed by atoms with E-state index in [1.807, 2.05) is 269 Å². The number of quaternary nitrogens is 1. The van der Waals surface area contributed by atoms with Gasteiger partial charge in [0.05, 0.1) is 58.1 Å². The van der Waals surface area contributed by atoms with E-state index < -0.39 is 69.9 Å². The van der Waals surface area contributed by atoms with Crippen LogP contribution in [0.4, 0.5) is 17.6 Å². The Morgan fingerprint density at radius 3 is 0.946 bits per heavy atom. The molecular weight excluding hydrogens is 2240 g/mol. The van der Waals surface area contributed by atoms with Crippen molar-refractivity contribution >= 4 is 226 Å². The van der Waals surface area contributed by atoms with Crippen molar-refractivity contribution in [2.75, 3.05) is 47.0 Å². The van der Waals surface area contributed by atoms with Crippen molar-refractivity contribution in [2.45, 2.75) is 95.1 Å². The summed E-state index contributed by atoms with van der Waals surface area (Å²) in [6.45, 7) is 6.48. The van der Waals surface area contributed by atoms with Gasteiger partial charge in [0, 0.05) is 27.0 Å². The van der Waals surface area contributed by atoms with Gasteiger partial charge in [-0.25, -0.2) is 27.6 Å². The Kier molecular flexibility index (Phi) is 48.7. The summed E-state index contributed by atoms with van der Waals surface area (Å²) in [5.74, 6) is -18.0. The van der Waals surface area contributed by atoms with E-state index >= 15 is 0 Å². The van der Waals surface area contributed by atoms with Gasteiger partial charge in [-0.1, -0.05) is 163 Å². The van der Waals surface area contributed by atoms with E-state index in [1.54, 1.807) is 0 Å². The van der Waals surface area contributed by atoms with Gasteiger partial charge in [-0.15, -0.1) is 23.2 Å². The fraction of sp³-hybridized carbons (Fsp3) is 0.241. The number of nitrogens with zero attached hydrogens (tertiary/aromatic N) is 1. The molecule has 0 spiro atoms. The van der Waals surface area contributed by atoms with Crippen LogP contribution >= 0.6 is 159 Å². The summed E-state index contributed by atoms with van der Waals surface area (Å²) in [6, 6.07) is 73.6. The molecule has 112 heavy (non-hydrogen) atoms. The van der Waals surface area contributed by atoms with Gasteiger partial charge in [0.1, 0.15) is 51.4 Å². The number of carboxylic acids is 2. The van der Waals surface area contributed by atoms with Gasteiger partial charge in [-0.05, 0) is 244 Å². The smallest absolute Gasteiger partial charge is 0.343 e. The number of hydrogen-bond donors (Lipinski definition) is 0. The number of hydrogen-bond acceptors (Lipinski definition) is 16. The normalized spacial score (nSPS) is 11.4. The lowest BCUT2D eigenvalue weighted by molar-refractivity contribution is -0.884. The third-order valence-corrected chi connectivity index (χ3v) is 26.1. The summed E-state index contributed by atoms with van der Waals surface area (Å²) in [5.41, 5.74) is 2.88. The first-order valence-electron chi connectivity index (χ1n) is 32.0. The number of rotatable bonds is 21. The van der Waals surface area contributed by atoms with Crippen LogP contribution in [-0.2, 0) is 71.3 Å². The van der Waals surface area contributed by atoms with Crippen molar-refractivity contribution in [1.82, 2.24) is 0 Å². The SMILES string of the molecule is C.CC(C)C(OC(=O)c1cc(I)cc(I)c1I)C(F)(F)C(=O)[O-].CC(C)C(OC(=O)c1cc(I)cc(I)c1I)C(F)(F)C(=O)[O-].COC(=O)c1ccccc1[S+](c1ccccc1)c1ccccc1.COC(=O)c1ccccc1[S+](c1ccccc1)c1ccccc1.CS(=O)(=O)O[O-].C[N+](C)(C)Cc1ccccc1.ClCCl.O. The number of carbonyl (C=O) groups excluding carboxylic acids is 6. The van der Waals surface area contributed by atoms with Crippen LogP contribution in [0.25, 0.3) is 0 Å². The molecule has 33 heteroatoms. The molecule has 0 aliphatic rings. The number of esters is 4. The number of alkyl halides is 6. The van der Waals surface area contributed by atoms with Gasteiger partial charge in [-0.2, -0.15) is 17.6 Å². The molecule has 0 amide bonds. The molecule has 0 bridgehead atoms. The number of carbonyl (C=O) groups is 6. The molecule has 0 saturated heterocycles. The molecular formula is C79H81Cl2F4I6NO17S3. The second kappa shape index (κ2) is 51.9. The zero-order valence-electron chi connectivity index (χ0n) is 60.8.